The zero-order valence-corrected chi connectivity index (χ0v) is 10.1. The molecule has 2 fully saturated rings. The summed E-state index contributed by atoms with van der Waals surface area (Å²) in [5.74, 6) is 0.0871. The average Bonchev–Trinajstić information content (AvgIpc) is 2.30. The molecule has 0 aromatic rings. The summed E-state index contributed by atoms with van der Waals surface area (Å²) in [5.41, 5.74) is -0.0386. The maximum atomic E-state index is 12.0. The molecule has 2 aliphatic heterocycles. The lowest BCUT2D eigenvalue weighted by molar-refractivity contribution is -0.137. The van der Waals surface area contributed by atoms with E-state index >= 15 is 0 Å². The molecule has 0 spiro atoms. The van der Waals surface area contributed by atoms with Gasteiger partial charge in [0.2, 0.25) is 5.91 Å². The summed E-state index contributed by atoms with van der Waals surface area (Å²) < 4.78 is 5.50. The van der Waals surface area contributed by atoms with E-state index in [0.29, 0.717) is 0 Å². The van der Waals surface area contributed by atoms with Crippen molar-refractivity contribution in [3.05, 3.63) is 0 Å². The van der Waals surface area contributed by atoms with Crippen LogP contribution in [0.4, 0.5) is 0 Å². The Labute approximate surface area is 97.1 Å². The van der Waals surface area contributed by atoms with E-state index < -0.39 is 0 Å². The Morgan fingerprint density at radius 2 is 2.12 bits per heavy atom. The summed E-state index contributed by atoms with van der Waals surface area (Å²) in [6.07, 6.45) is 4.87. The molecule has 2 aliphatic rings. The van der Waals surface area contributed by atoms with Crippen molar-refractivity contribution in [3.8, 4) is 0 Å². The number of carbonyl (C=O) groups is 1. The lowest BCUT2D eigenvalue weighted by Gasteiger charge is -2.36. The first kappa shape index (κ1) is 11.9. The summed E-state index contributed by atoms with van der Waals surface area (Å²) >= 11 is 0. The molecule has 0 aromatic carbocycles. The molecule has 16 heavy (non-hydrogen) atoms. The molecule has 2 N–H and O–H groups in total. The predicted molar refractivity (Wildman–Crippen MR) is 62.2 cm³/mol. The van der Waals surface area contributed by atoms with Crippen LogP contribution in [0, 0.1) is 0 Å². The minimum atomic E-state index is -0.208. The fraction of sp³-hybridized carbons (Fsp3) is 0.917. The van der Waals surface area contributed by atoms with Gasteiger partial charge < -0.3 is 15.4 Å². The van der Waals surface area contributed by atoms with Gasteiger partial charge in [-0.1, -0.05) is 0 Å². The molecule has 0 aliphatic carbocycles. The van der Waals surface area contributed by atoms with E-state index in [-0.39, 0.29) is 17.6 Å². The van der Waals surface area contributed by atoms with Gasteiger partial charge in [0.1, 0.15) is 6.10 Å². The van der Waals surface area contributed by atoms with Crippen LogP contribution in [0.1, 0.15) is 39.0 Å². The Bertz CT molecular complexity index is 243. The van der Waals surface area contributed by atoms with Crippen molar-refractivity contribution >= 4 is 5.91 Å². The Kier molecular flexibility index (Phi) is 3.82. The quantitative estimate of drug-likeness (QED) is 0.732. The van der Waals surface area contributed by atoms with Gasteiger partial charge in [-0.05, 0) is 52.1 Å². The number of ether oxygens (including phenoxy) is 1. The highest BCUT2D eigenvalue weighted by atomic mass is 16.5. The number of amides is 1. The smallest absolute Gasteiger partial charge is 0.249 e. The Morgan fingerprint density at radius 3 is 2.75 bits per heavy atom. The third kappa shape index (κ3) is 2.95. The average molecular weight is 226 g/mol. The number of rotatable bonds is 2. The van der Waals surface area contributed by atoms with Gasteiger partial charge >= 0.3 is 0 Å². The predicted octanol–water partition coefficient (Wildman–Crippen LogP) is 0.814. The summed E-state index contributed by atoms with van der Waals surface area (Å²) in [4.78, 5) is 12.0. The summed E-state index contributed by atoms with van der Waals surface area (Å²) in [6, 6.07) is 0. The van der Waals surface area contributed by atoms with Crippen LogP contribution in [0.3, 0.4) is 0 Å². The summed E-state index contributed by atoms with van der Waals surface area (Å²) in [5, 5.41) is 6.47. The van der Waals surface area contributed by atoms with E-state index in [2.05, 4.69) is 17.6 Å². The molecule has 0 saturated carbocycles. The molecule has 92 valence electrons. The van der Waals surface area contributed by atoms with Crippen molar-refractivity contribution in [2.45, 2.75) is 50.7 Å². The monoisotopic (exact) mass is 226 g/mol. The van der Waals surface area contributed by atoms with Gasteiger partial charge in [-0.25, -0.2) is 0 Å². The lowest BCUT2D eigenvalue weighted by atomic mass is 9.90. The van der Waals surface area contributed by atoms with Crippen LogP contribution in [0.5, 0.6) is 0 Å². The van der Waals surface area contributed by atoms with Gasteiger partial charge in [-0.15, -0.1) is 0 Å². The third-order valence-corrected chi connectivity index (χ3v) is 3.60. The third-order valence-electron chi connectivity index (χ3n) is 3.60. The molecule has 1 amide bonds. The van der Waals surface area contributed by atoms with Crippen molar-refractivity contribution in [1.29, 1.82) is 0 Å². The van der Waals surface area contributed by atoms with Gasteiger partial charge in [-0.2, -0.15) is 0 Å². The minimum absolute atomic E-state index is 0.0386. The van der Waals surface area contributed by atoms with Gasteiger partial charge in [0.25, 0.3) is 0 Å². The van der Waals surface area contributed by atoms with Gasteiger partial charge in [-0.3, -0.25) is 4.79 Å². The molecule has 1 atom stereocenters. The summed E-state index contributed by atoms with van der Waals surface area (Å²) in [7, 11) is 0. The lowest BCUT2D eigenvalue weighted by Crippen LogP contribution is -2.55. The van der Waals surface area contributed by atoms with Crippen molar-refractivity contribution in [1.82, 2.24) is 10.6 Å². The van der Waals surface area contributed by atoms with Crippen LogP contribution in [0.2, 0.25) is 0 Å². The zero-order chi connectivity index (χ0) is 11.4. The van der Waals surface area contributed by atoms with Crippen molar-refractivity contribution in [3.63, 3.8) is 0 Å². The fourth-order valence-corrected chi connectivity index (χ4v) is 2.43. The number of hydrogen-bond acceptors (Lipinski definition) is 3. The molecular weight excluding hydrogens is 204 g/mol. The number of nitrogens with one attached hydrogen (secondary N) is 2. The van der Waals surface area contributed by atoms with Crippen molar-refractivity contribution < 1.29 is 9.53 Å². The maximum absolute atomic E-state index is 12.0. The SMILES string of the molecule is CC1(NC(=O)C2CCCCO2)CCNCC1. The van der Waals surface area contributed by atoms with Crippen LogP contribution < -0.4 is 10.6 Å². The minimum Gasteiger partial charge on any atom is -0.368 e. The molecule has 0 bridgehead atoms. The van der Waals surface area contributed by atoms with Crippen LogP contribution in [0.25, 0.3) is 0 Å². The topological polar surface area (TPSA) is 50.4 Å². The van der Waals surface area contributed by atoms with Gasteiger partial charge in [0.15, 0.2) is 0 Å². The van der Waals surface area contributed by atoms with Crippen LogP contribution in [0.15, 0.2) is 0 Å². The molecule has 0 aromatic heterocycles. The first-order valence-corrected chi connectivity index (χ1v) is 6.34. The van der Waals surface area contributed by atoms with Crippen LogP contribution in [-0.4, -0.2) is 37.2 Å². The van der Waals surface area contributed by atoms with E-state index in [0.717, 1.165) is 51.8 Å². The van der Waals surface area contributed by atoms with Gasteiger partial charge in [0.05, 0.1) is 0 Å². The number of piperidine rings is 1. The first-order chi connectivity index (χ1) is 7.70. The second-order valence-corrected chi connectivity index (χ2v) is 5.16. The van der Waals surface area contributed by atoms with E-state index in [4.69, 9.17) is 4.74 Å². The Morgan fingerprint density at radius 1 is 1.38 bits per heavy atom. The van der Waals surface area contributed by atoms with E-state index in [1.165, 1.54) is 0 Å². The summed E-state index contributed by atoms with van der Waals surface area (Å²) in [6.45, 7) is 4.84. The Hall–Kier alpha value is -0.610. The van der Waals surface area contributed by atoms with Crippen LogP contribution in [-0.2, 0) is 9.53 Å². The molecule has 4 nitrogen and oxygen atoms in total. The Balaban J connectivity index is 1.85. The highest BCUT2D eigenvalue weighted by Crippen LogP contribution is 2.19. The largest absolute Gasteiger partial charge is 0.368 e. The van der Waals surface area contributed by atoms with Crippen molar-refractivity contribution in [2.24, 2.45) is 0 Å². The second kappa shape index (κ2) is 5.15. The van der Waals surface area contributed by atoms with E-state index in [9.17, 15) is 4.79 Å². The molecule has 2 saturated heterocycles. The molecule has 0 radical (unpaired) electrons. The maximum Gasteiger partial charge on any atom is 0.249 e. The van der Waals surface area contributed by atoms with E-state index in [1.807, 2.05) is 0 Å². The highest BCUT2D eigenvalue weighted by Gasteiger charge is 2.31. The molecule has 1 unspecified atom stereocenters. The highest BCUT2D eigenvalue weighted by molar-refractivity contribution is 5.81. The van der Waals surface area contributed by atoms with E-state index in [1.54, 1.807) is 0 Å². The zero-order valence-electron chi connectivity index (χ0n) is 10.1. The molecule has 2 heterocycles. The van der Waals surface area contributed by atoms with Gasteiger partial charge in [0, 0.05) is 12.1 Å². The first-order valence-electron chi connectivity index (χ1n) is 6.34. The number of hydrogen-bond donors (Lipinski definition) is 2. The molecular formula is C12H22N2O2. The second-order valence-electron chi connectivity index (χ2n) is 5.16. The molecule has 4 heteroatoms. The molecule has 2 rings (SSSR count). The van der Waals surface area contributed by atoms with Crippen molar-refractivity contribution in [2.75, 3.05) is 19.7 Å². The van der Waals surface area contributed by atoms with Crippen LogP contribution >= 0.6 is 0 Å². The normalized spacial score (nSPS) is 29.7. The fourth-order valence-electron chi connectivity index (χ4n) is 2.43. The standard InChI is InChI=1S/C12H22N2O2/c1-12(5-7-13-8-6-12)14-11(15)10-4-2-3-9-16-10/h10,13H,2-9H2,1H3,(H,14,15). The number of carbonyl (C=O) groups excluding carboxylic acids is 1.